The van der Waals surface area contributed by atoms with E-state index < -0.39 is 0 Å². The van der Waals surface area contributed by atoms with Gasteiger partial charge in [0.05, 0.1) is 11.5 Å². The van der Waals surface area contributed by atoms with E-state index in [1.165, 1.54) is 5.56 Å². The molecule has 0 aromatic heterocycles. The predicted octanol–water partition coefficient (Wildman–Crippen LogP) is 3.81. The summed E-state index contributed by atoms with van der Waals surface area (Å²) in [6.07, 6.45) is 1.96. The molecule has 1 aromatic rings. The number of nitrogen functional groups attached to an aromatic ring is 1. The van der Waals surface area contributed by atoms with E-state index in [0.29, 0.717) is 6.04 Å². The zero-order valence-electron chi connectivity index (χ0n) is 13.2. The Labute approximate surface area is 123 Å². The Morgan fingerprint density at radius 2 is 1.95 bits per heavy atom. The van der Waals surface area contributed by atoms with Crippen molar-refractivity contribution in [2.24, 2.45) is 5.41 Å². The Balaban J connectivity index is 2.58. The summed E-state index contributed by atoms with van der Waals surface area (Å²) >= 11 is 0. The van der Waals surface area contributed by atoms with E-state index in [9.17, 15) is 0 Å². The molecule has 3 nitrogen and oxygen atoms in total. The first kappa shape index (κ1) is 16.5. The van der Waals surface area contributed by atoms with Gasteiger partial charge in [-0.3, -0.25) is 4.90 Å². The van der Waals surface area contributed by atoms with Crippen LogP contribution in [0.3, 0.4) is 0 Å². The van der Waals surface area contributed by atoms with E-state index in [0.717, 1.165) is 31.6 Å². The molecule has 0 unspecified atom stereocenters. The van der Waals surface area contributed by atoms with Gasteiger partial charge in [0.15, 0.2) is 0 Å². The Bertz CT molecular complexity index is 458. The van der Waals surface area contributed by atoms with Gasteiger partial charge in [-0.2, -0.15) is 5.26 Å². The van der Waals surface area contributed by atoms with E-state index >= 15 is 0 Å². The normalized spacial score (nSPS) is 11.8. The molecule has 0 fully saturated rings. The van der Waals surface area contributed by atoms with E-state index in [1.54, 1.807) is 0 Å². The molecule has 0 atom stereocenters. The van der Waals surface area contributed by atoms with Crippen LogP contribution in [-0.4, -0.2) is 17.5 Å². The maximum absolute atomic E-state index is 9.06. The van der Waals surface area contributed by atoms with Crippen molar-refractivity contribution in [1.82, 2.24) is 4.90 Å². The lowest BCUT2D eigenvalue weighted by atomic mass is 9.89. The van der Waals surface area contributed by atoms with Gasteiger partial charge in [0.25, 0.3) is 0 Å². The van der Waals surface area contributed by atoms with Crippen LogP contribution in [0.4, 0.5) is 5.69 Å². The minimum Gasteiger partial charge on any atom is -0.398 e. The Morgan fingerprint density at radius 1 is 1.30 bits per heavy atom. The molecule has 0 heterocycles. The van der Waals surface area contributed by atoms with Crippen LogP contribution in [0.25, 0.3) is 0 Å². The summed E-state index contributed by atoms with van der Waals surface area (Å²) < 4.78 is 0. The lowest BCUT2D eigenvalue weighted by Gasteiger charge is -2.28. The topological polar surface area (TPSA) is 53.0 Å². The predicted molar refractivity (Wildman–Crippen MR) is 85.0 cm³/mol. The molecule has 0 saturated carbocycles. The summed E-state index contributed by atoms with van der Waals surface area (Å²) in [5.74, 6) is 0. The molecule has 110 valence electrons. The summed E-state index contributed by atoms with van der Waals surface area (Å²) in [6, 6.07) is 10.9. The summed E-state index contributed by atoms with van der Waals surface area (Å²) in [7, 11) is 0. The molecule has 0 bridgehead atoms. The second kappa shape index (κ2) is 7.31. The number of nitrogens with two attached hydrogens (primary N) is 1. The molecular formula is C17H27N3. The molecule has 1 rings (SSSR count). The number of nitrogens with zero attached hydrogens (tertiary/aromatic N) is 2. The Kier molecular flexibility index (Phi) is 6.04. The van der Waals surface area contributed by atoms with Crippen molar-refractivity contribution in [3.63, 3.8) is 0 Å². The highest BCUT2D eigenvalue weighted by Gasteiger charge is 2.18. The molecule has 2 N–H and O–H groups in total. The third-order valence-corrected chi connectivity index (χ3v) is 3.71. The third kappa shape index (κ3) is 5.22. The average Bonchev–Trinajstić information content (AvgIpc) is 2.39. The highest BCUT2D eigenvalue weighted by molar-refractivity contribution is 5.46. The zero-order chi connectivity index (χ0) is 15.2. The summed E-state index contributed by atoms with van der Waals surface area (Å²) in [6.45, 7) is 10.3. The van der Waals surface area contributed by atoms with E-state index in [-0.39, 0.29) is 5.41 Å². The fourth-order valence-electron chi connectivity index (χ4n) is 2.20. The van der Waals surface area contributed by atoms with Gasteiger partial charge in [0.1, 0.15) is 0 Å². The van der Waals surface area contributed by atoms with E-state index in [2.05, 4.69) is 30.9 Å². The number of rotatable bonds is 7. The summed E-state index contributed by atoms with van der Waals surface area (Å²) in [5.41, 5.74) is 7.83. The first-order valence-corrected chi connectivity index (χ1v) is 7.34. The molecule has 0 radical (unpaired) electrons. The van der Waals surface area contributed by atoms with Gasteiger partial charge in [0.2, 0.25) is 0 Å². The standard InChI is InChI=1S/C17H27N3/c1-14(2)20(11-7-10-17(3,4)13-18)12-15-8-5-6-9-16(15)19/h5-6,8-9,14H,7,10-12,19H2,1-4H3. The molecule has 20 heavy (non-hydrogen) atoms. The monoisotopic (exact) mass is 273 g/mol. The van der Waals surface area contributed by atoms with Gasteiger partial charge in [-0.05, 0) is 58.7 Å². The van der Waals surface area contributed by atoms with Crippen LogP contribution in [0, 0.1) is 16.7 Å². The molecule has 3 heteroatoms. The van der Waals surface area contributed by atoms with E-state index in [1.807, 2.05) is 32.0 Å². The number of para-hydroxylation sites is 1. The fourth-order valence-corrected chi connectivity index (χ4v) is 2.20. The molecule has 0 aliphatic heterocycles. The van der Waals surface area contributed by atoms with Crippen LogP contribution < -0.4 is 5.73 Å². The minimum absolute atomic E-state index is 0.228. The van der Waals surface area contributed by atoms with Crippen LogP contribution in [-0.2, 0) is 6.54 Å². The highest BCUT2D eigenvalue weighted by atomic mass is 15.1. The second-order valence-electron chi connectivity index (χ2n) is 6.36. The van der Waals surface area contributed by atoms with Crippen LogP contribution in [0.2, 0.25) is 0 Å². The zero-order valence-corrected chi connectivity index (χ0v) is 13.2. The second-order valence-corrected chi connectivity index (χ2v) is 6.36. The summed E-state index contributed by atoms with van der Waals surface area (Å²) in [5, 5.41) is 9.06. The quantitative estimate of drug-likeness (QED) is 0.769. The Morgan fingerprint density at radius 3 is 2.50 bits per heavy atom. The maximum Gasteiger partial charge on any atom is 0.0683 e. The first-order chi connectivity index (χ1) is 9.35. The number of hydrogen-bond acceptors (Lipinski definition) is 3. The maximum atomic E-state index is 9.06. The first-order valence-electron chi connectivity index (χ1n) is 7.34. The van der Waals surface area contributed by atoms with Crippen molar-refractivity contribution in [3.05, 3.63) is 29.8 Å². The smallest absolute Gasteiger partial charge is 0.0683 e. The van der Waals surface area contributed by atoms with Crippen LogP contribution in [0.5, 0.6) is 0 Å². The highest BCUT2D eigenvalue weighted by Crippen LogP contribution is 2.22. The largest absolute Gasteiger partial charge is 0.398 e. The van der Waals surface area contributed by atoms with Crippen molar-refractivity contribution >= 4 is 5.69 Å². The van der Waals surface area contributed by atoms with Crippen molar-refractivity contribution in [1.29, 1.82) is 5.26 Å². The lowest BCUT2D eigenvalue weighted by Crippen LogP contribution is -2.32. The number of anilines is 1. The summed E-state index contributed by atoms with van der Waals surface area (Å²) in [4.78, 5) is 2.42. The van der Waals surface area contributed by atoms with Crippen LogP contribution in [0.1, 0.15) is 46.1 Å². The number of nitriles is 1. The van der Waals surface area contributed by atoms with Gasteiger partial charge in [0, 0.05) is 18.3 Å². The average molecular weight is 273 g/mol. The van der Waals surface area contributed by atoms with Gasteiger partial charge in [-0.1, -0.05) is 18.2 Å². The molecule has 0 aliphatic carbocycles. The lowest BCUT2D eigenvalue weighted by molar-refractivity contribution is 0.201. The van der Waals surface area contributed by atoms with Crippen molar-refractivity contribution in [2.45, 2.75) is 53.1 Å². The number of hydrogen-bond donors (Lipinski definition) is 1. The van der Waals surface area contributed by atoms with Gasteiger partial charge in [-0.25, -0.2) is 0 Å². The molecule has 1 aromatic carbocycles. The molecule has 0 saturated heterocycles. The van der Waals surface area contributed by atoms with E-state index in [4.69, 9.17) is 11.0 Å². The van der Waals surface area contributed by atoms with Gasteiger partial charge in [-0.15, -0.1) is 0 Å². The minimum atomic E-state index is -0.228. The SMILES string of the molecule is CC(C)N(CCCC(C)(C)C#N)Cc1ccccc1N. The molecule has 0 spiro atoms. The molecule has 0 amide bonds. The van der Waals surface area contributed by atoms with Crippen LogP contribution in [0.15, 0.2) is 24.3 Å². The van der Waals surface area contributed by atoms with Crippen molar-refractivity contribution < 1.29 is 0 Å². The van der Waals surface area contributed by atoms with Crippen molar-refractivity contribution in [3.8, 4) is 6.07 Å². The number of benzene rings is 1. The molecule has 0 aliphatic rings. The third-order valence-electron chi connectivity index (χ3n) is 3.71. The van der Waals surface area contributed by atoms with Gasteiger partial charge < -0.3 is 5.73 Å². The van der Waals surface area contributed by atoms with Crippen LogP contribution >= 0.6 is 0 Å². The Hall–Kier alpha value is -1.53. The molecular weight excluding hydrogens is 246 g/mol. The fraction of sp³-hybridized carbons (Fsp3) is 0.588. The van der Waals surface area contributed by atoms with Gasteiger partial charge >= 0.3 is 0 Å². The van der Waals surface area contributed by atoms with Crippen molar-refractivity contribution in [2.75, 3.05) is 12.3 Å².